The van der Waals surface area contributed by atoms with Crippen LogP contribution in [-0.2, 0) is 6.61 Å². The molecule has 0 aliphatic heterocycles. The Balaban J connectivity index is 1.31. The van der Waals surface area contributed by atoms with E-state index < -0.39 is 5.91 Å². The summed E-state index contributed by atoms with van der Waals surface area (Å²) in [5, 5.41) is 13.0. The molecule has 0 radical (unpaired) electrons. The Hall–Kier alpha value is -4.19. The predicted molar refractivity (Wildman–Crippen MR) is 141 cm³/mol. The van der Waals surface area contributed by atoms with Crippen LogP contribution in [0.15, 0.2) is 70.2 Å². The number of nitrogens with one attached hydrogen (secondary N) is 1. The van der Waals surface area contributed by atoms with Crippen molar-refractivity contribution in [3.63, 3.8) is 0 Å². The normalized spacial score (nSPS) is 10.9. The third-order valence-corrected chi connectivity index (χ3v) is 5.88. The molecule has 2 aromatic carbocycles. The van der Waals surface area contributed by atoms with Gasteiger partial charge in [0.15, 0.2) is 18.1 Å². The molecule has 2 heterocycles. The zero-order chi connectivity index (χ0) is 26.4. The second-order valence-electron chi connectivity index (χ2n) is 7.96. The van der Waals surface area contributed by atoms with Crippen molar-refractivity contribution in [3.05, 3.63) is 99.2 Å². The number of benzene rings is 2. The number of aromatic nitrogens is 1. The van der Waals surface area contributed by atoms with Gasteiger partial charge in [-0.05, 0) is 80.1 Å². The monoisotopic (exact) mass is 536 g/mol. The molecule has 4 aromatic rings. The van der Waals surface area contributed by atoms with Crippen LogP contribution in [-0.4, -0.2) is 23.3 Å². The van der Waals surface area contributed by atoms with Gasteiger partial charge in [-0.3, -0.25) is 4.79 Å². The standard InChI is InChI=1S/C27H22Cl2N4O4/c1-17-3-4-18(2)33(17)20-5-7-21(8-6-20)36-16-22-9-10-25(37-22)27(34)32-31-15-19-13-23(28)26(24(29)14-19)35-12-11-30/h3-10,13-15H,12,16H2,1-2H3,(H,32,34)/b31-15+. The van der Waals surface area contributed by atoms with E-state index in [0.29, 0.717) is 17.1 Å². The summed E-state index contributed by atoms with van der Waals surface area (Å²) in [6.45, 7) is 4.10. The molecule has 0 spiro atoms. The van der Waals surface area contributed by atoms with Gasteiger partial charge in [-0.2, -0.15) is 10.4 Å². The average molecular weight is 537 g/mol. The maximum Gasteiger partial charge on any atom is 0.307 e. The number of carbonyl (C=O) groups is 1. The van der Waals surface area contributed by atoms with Crippen molar-refractivity contribution in [2.45, 2.75) is 20.5 Å². The minimum atomic E-state index is -0.532. The highest BCUT2D eigenvalue weighted by Crippen LogP contribution is 2.33. The molecular weight excluding hydrogens is 515 g/mol. The highest BCUT2D eigenvalue weighted by Gasteiger charge is 2.12. The Bertz CT molecular complexity index is 1440. The third kappa shape index (κ3) is 6.33. The first-order valence-corrected chi connectivity index (χ1v) is 11.9. The maximum atomic E-state index is 12.4. The van der Waals surface area contributed by atoms with Crippen LogP contribution in [0.5, 0.6) is 11.5 Å². The van der Waals surface area contributed by atoms with Crippen molar-refractivity contribution >= 4 is 35.3 Å². The van der Waals surface area contributed by atoms with E-state index in [1.54, 1.807) is 24.3 Å². The minimum Gasteiger partial charge on any atom is -0.486 e. The number of amides is 1. The van der Waals surface area contributed by atoms with Crippen molar-refractivity contribution in [3.8, 4) is 23.3 Å². The van der Waals surface area contributed by atoms with Crippen LogP contribution in [0.3, 0.4) is 0 Å². The topological polar surface area (TPSA) is 102 Å². The highest BCUT2D eigenvalue weighted by molar-refractivity contribution is 6.37. The molecular formula is C27H22Cl2N4O4. The molecule has 188 valence electrons. The maximum absolute atomic E-state index is 12.4. The summed E-state index contributed by atoms with van der Waals surface area (Å²) < 4.78 is 18.7. The second-order valence-corrected chi connectivity index (χ2v) is 8.77. The first-order valence-electron chi connectivity index (χ1n) is 11.1. The van der Waals surface area contributed by atoms with Gasteiger partial charge in [0, 0.05) is 17.1 Å². The van der Waals surface area contributed by atoms with Crippen molar-refractivity contribution in [1.29, 1.82) is 5.26 Å². The number of nitrogens with zero attached hydrogens (tertiary/aromatic N) is 3. The smallest absolute Gasteiger partial charge is 0.307 e. The number of aryl methyl sites for hydroxylation is 2. The summed E-state index contributed by atoms with van der Waals surface area (Å²) >= 11 is 12.3. The Morgan fingerprint density at radius 2 is 1.73 bits per heavy atom. The largest absolute Gasteiger partial charge is 0.486 e. The SMILES string of the molecule is Cc1ccc(C)n1-c1ccc(OCc2ccc(C(=O)N/N=C/c3cc(Cl)c(OCC#N)c(Cl)c3)o2)cc1. The van der Waals surface area contributed by atoms with Gasteiger partial charge < -0.3 is 18.5 Å². The molecule has 0 unspecified atom stereocenters. The lowest BCUT2D eigenvalue weighted by atomic mass is 10.2. The highest BCUT2D eigenvalue weighted by atomic mass is 35.5. The first kappa shape index (κ1) is 25.9. The van der Waals surface area contributed by atoms with Crippen molar-refractivity contribution in [1.82, 2.24) is 9.99 Å². The summed E-state index contributed by atoms with van der Waals surface area (Å²) in [6, 6.07) is 20.1. The van der Waals surface area contributed by atoms with E-state index in [1.807, 2.05) is 30.3 Å². The quantitative estimate of drug-likeness (QED) is 0.201. The van der Waals surface area contributed by atoms with Gasteiger partial charge in [0.25, 0.3) is 0 Å². The van der Waals surface area contributed by atoms with Gasteiger partial charge in [-0.1, -0.05) is 23.2 Å². The van der Waals surface area contributed by atoms with E-state index in [0.717, 1.165) is 17.1 Å². The molecule has 0 aliphatic carbocycles. The summed E-state index contributed by atoms with van der Waals surface area (Å²) in [7, 11) is 0. The average Bonchev–Trinajstić information content (AvgIpc) is 3.49. The summed E-state index contributed by atoms with van der Waals surface area (Å²) in [6.07, 6.45) is 1.37. The Morgan fingerprint density at radius 3 is 2.38 bits per heavy atom. The van der Waals surface area contributed by atoms with E-state index >= 15 is 0 Å². The Kier molecular flexibility index (Phi) is 8.18. The fraction of sp³-hybridized carbons (Fsp3) is 0.148. The predicted octanol–water partition coefficient (Wildman–Crippen LogP) is 6.24. The van der Waals surface area contributed by atoms with E-state index in [1.165, 1.54) is 6.21 Å². The van der Waals surface area contributed by atoms with Crippen molar-refractivity contribution < 1.29 is 18.7 Å². The van der Waals surface area contributed by atoms with Crippen molar-refractivity contribution in [2.24, 2.45) is 5.10 Å². The van der Waals surface area contributed by atoms with Crippen LogP contribution < -0.4 is 14.9 Å². The van der Waals surface area contributed by atoms with E-state index in [9.17, 15) is 4.79 Å². The molecule has 0 aliphatic rings. The number of ether oxygens (including phenoxy) is 2. The molecule has 0 saturated carbocycles. The number of rotatable bonds is 9. The van der Waals surface area contributed by atoms with Crippen LogP contribution in [0.25, 0.3) is 5.69 Å². The molecule has 0 saturated heterocycles. The summed E-state index contributed by atoms with van der Waals surface area (Å²) in [5.41, 5.74) is 6.28. The van der Waals surface area contributed by atoms with Gasteiger partial charge in [0.1, 0.15) is 24.2 Å². The Labute approximate surface area is 223 Å². The number of furan rings is 1. The van der Waals surface area contributed by atoms with Crippen molar-refractivity contribution in [2.75, 3.05) is 6.61 Å². The number of hydrogen-bond acceptors (Lipinski definition) is 6. The van der Waals surface area contributed by atoms with E-state index in [2.05, 4.69) is 41.1 Å². The summed E-state index contributed by atoms with van der Waals surface area (Å²) in [5.74, 6) is 0.927. The molecule has 4 rings (SSSR count). The molecule has 0 atom stereocenters. The first-order chi connectivity index (χ1) is 17.9. The van der Waals surface area contributed by atoms with Gasteiger partial charge in [-0.15, -0.1) is 0 Å². The Morgan fingerprint density at radius 1 is 1.05 bits per heavy atom. The van der Waals surface area contributed by atoms with Crippen LogP contribution in [0.1, 0.15) is 33.3 Å². The van der Waals surface area contributed by atoms with E-state index in [-0.39, 0.29) is 34.8 Å². The van der Waals surface area contributed by atoms with Crippen LogP contribution in [0, 0.1) is 25.2 Å². The molecule has 0 fully saturated rings. The minimum absolute atomic E-state index is 0.0842. The second kappa shape index (κ2) is 11.7. The summed E-state index contributed by atoms with van der Waals surface area (Å²) in [4.78, 5) is 12.4. The molecule has 1 amide bonds. The number of halogens is 2. The number of hydrogen-bond donors (Lipinski definition) is 1. The molecule has 2 aromatic heterocycles. The molecule has 0 bridgehead atoms. The third-order valence-electron chi connectivity index (χ3n) is 5.31. The van der Waals surface area contributed by atoms with Gasteiger partial charge in [0.05, 0.1) is 16.3 Å². The zero-order valence-electron chi connectivity index (χ0n) is 20.0. The molecule has 8 nitrogen and oxygen atoms in total. The van der Waals surface area contributed by atoms with Gasteiger partial charge >= 0.3 is 5.91 Å². The van der Waals surface area contributed by atoms with Gasteiger partial charge in [0.2, 0.25) is 0 Å². The van der Waals surface area contributed by atoms with Crippen LogP contribution in [0.4, 0.5) is 0 Å². The molecule has 10 heteroatoms. The lowest BCUT2D eigenvalue weighted by molar-refractivity contribution is 0.0923. The van der Waals surface area contributed by atoms with Gasteiger partial charge in [-0.25, -0.2) is 5.43 Å². The lowest BCUT2D eigenvalue weighted by Crippen LogP contribution is -2.16. The van der Waals surface area contributed by atoms with Crippen LogP contribution >= 0.6 is 23.2 Å². The molecule has 1 N–H and O–H groups in total. The lowest BCUT2D eigenvalue weighted by Gasteiger charge is -2.10. The molecule has 37 heavy (non-hydrogen) atoms. The van der Waals surface area contributed by atoms with Crippen LogP contribution in [0.2, 0.25) is 10.0 Å². The number of hydrazone groups is 1. The van der Waals surface area contributed by atoms with E-state index in [4.69, 9.17) is 42.4 Å². The zero-order valence-corrected chi connectivity index (χ0v) is 21.5. The number of carbonyl (C=O) groups excluding carboxylic acids is 1. The number of nitriles is 1. The fourth-order valence-corrected chi connectivity index (χ4v) is 4.23. The fourth-order valence-electron chi connectivity index (χ4n) is 3.62.